The molecule has 0 radical (unpaired) electrons. The van der Waals surface area contributed by atoms with Gasteiger partial charge in [-0.25, -0.2) is 0 Å². The largest absolute Gasteiger partial charge is 0.417 e. The molecule has 0 amide bonds. The van der Waals surface area contributed by atoms with Gasteiger partial charge >= 0.3 is 12.4 Å². The maximum Gasteiger partial charge on any atom is 0.417 e. The number of hydrogen-bond acceptors (Lipinski definition) is 1. The van der Waals surface area contributed by atoms with E-state index in [1.165, 1.54) is 12.1 Å². The van der Waals surface area contributed by atoms with Crippen LogP contribution < -0.4 is 0 Å². The molecule has 3 nitrogen and oxygen atoms in total. The molecule has 0 saturated carbocycles. The van der Waals surface area contributed by atoms with Crippen molar-refractivity contribution >= 4 is 43.6 Å². The molecule has 2 aromatic heterocycles. The van der Waals surface area contributed by atoms with Crippen LogP contribution in [0.2, 0.25) is 0 Å². The fraction of sp³-hybridized carbons (Fsp3) is 0.140. The molecule has 326 valence electrons. The Labute approximate surface area is 377 Å². The normalized spacial score (nSPS) is 12.2. The molecule has 0 saturated heterocycles. The second kappa shape index (κ2) is 15.3. The Morgan fingerprint density at radius 2 is 0.773 bits per heavy atom. The highest BCUT2D eigenvalue weighted by molar-refractivity contribution is 6.12. The second-order valence-corrected chi connectivity index (χ2v) is 17.4. The molecule has 8 aromatic carbocycles. The maximum atomic E-state index is 15.2. The molecule has 0 unspecified atom stereocenters. The predicted octanol–water partition coefficient (Wildman–Crippen LogP) is 16.6. The van der Waals surface area contributed by atoms with E-state index in [-0.39, 0.29) is 22.5 Å². The van der Waals surface area contributed by atoms with Gasteiger partial charge in [0.05, 0.1) is 44.6 Å². The number of halogens is 6. The van der Waals surface area contributed by atoms with E-state index in [4.69, 9.17) is 0 Å². The molecule has 0 bridgehead atoms. The van der Waals surface area contributed by atoms with Crippen molar-refractivity contribution in [3.8, 4) is 50.8 Å². The van der Waals surface area contributed by atoms with Gasteiger partial charge in [0.1, 0.15) is 11.6 Å². The Balaban J connectivity index is 1.40. The number of aromatic nitrogens is 2. The van der Waals surface area contributed by atoms with E-state index < -0.39 is 29.0 Å². The third kappa shape index (κ3) is 6.74. The zero-order valence-corrected chi connectivity index (χ0v) is 36.9. The van der Waals surface area contributed by atoms with Crippen LogP contribution in [-0.2, 0) is 12.4 Å². The van der Waals surface area contributed by atoms with Crippen molar-refractivity contribution in [2.45, 2.75) is 53.9 Å². The van der Waals surface area contributed by atoms with Crippen molar-refractivity contribution in [1.82, 2.24) is 9.13 Å². The standard InChI is InChI=1S/C57H41F6N3/c1-31-22-33(3)53(34(4)23-31)37-18-20-42-40-12-7-9-16-47(40)65(49(42)26-37)51-28-39(55-45(56(58,59)60)14-11-15-46(55)57(61,62)63)29-52(44(51)30-64)66-48-17-10-8-13-41(48)43-21-19-38(27-50(43)66)54-35(5)24-32(2)25-36(54)6/h7-29H,1-6H3. The molecule has 2 heterocycles. The minimum atomic E-state index is -5.16. The zero-order valence-electron chi connectivity index (χ0n) is 36.9. The van der Waals surface area contributed by atoms with Crippen molar-refractivity contribution in [2.75, 3.05) is 0 Å². The second-order valence-electron chi connectivity index (χ2n) is 17.4. The number of rotatable bonds is 5. The van der Waals surface area contributed by atoms with Crippen molar-refractivity contribution in [2.24, 2.45) is 0 Å². The van der Waals surface area contributed by atoms with Gasteiger partial charge in [-0.1, -0.05) is 102 Å². The van der Waals surface area contributed by atoms with Crippen LogP contribution in [0.15, 0.2) is 140 Å². The number of aryl methyl sites for hydroxylation is 6. The number of fused-ring (bicyclic) bond motifs is 6. The van der Waals surface area contributed by atoms with Crippen LogP contribution in [0, 0.1) is 52.9 Å². The molecule has 0 aliphatic carbocycles. The fourth-order valence-corrected chi connectivity index (χ4v) is 10.6. The molecular weight excluding hydrogens is 841 g/mol. The summed E-state index contributed by atoms with van der Waals surface area (Å²) in [6, 6.07) is 42.6. The van der Waals surface area contributed by atoms with Crippen LogP contribution in [0.4, 0.5) is 26.3 Å². The summed E-state index contributed by atoms with van der Waals surface area (Å²) in [6.45, 7) is 12.2. The van der Waals surface area contributed by atoms with Crippen LogP contribution in [0.3, 0.4) is 0 Å². The smallest absolute Gasteiger partial charge is 0.308 e. The Bertz CT molecular complexity index is 3430. The lowest BCUT2D eigenvalue weighted by Crippen LogP contribution is -2.15. The molecule has 9 heteroatoms. The number of para-hydroxylation sites is 2. The van der Waals surface area contributed by atoms with E-state index in [1.54, 1.807) is 0 Å². The summed E-state index contributed by atoms with van der Waals surface area (Å²) in [5.74, 6) is 0. The summed E-state index contributed by atoms with van der Waals surface area (Å²) in [5.41, 5.74) is 8.68. The summed E-state index contributed by atoms with van der Waals surface area (Å²) in [7, 11) is 0. The van der Waals surface area contributed by atoms with Gasteiger partial charge in [-0.15, -0.1) is 0 Å². The van der Waals surface area contributed by atoms with E-state index in [2.05, 4.69) is 30.3 Å². The molecule has 0 spiro atoms. The summed E-state index contributed by atoms with van der Waals surface area (Å²) in [6.07, 6.45) is -10.3. The Morgan fingerprint density at radius 1 is 0.394 bits per heavy atom. The highest BCUT2D eigenvalue weighted by Crippen LogP contribution is 2.48. The molecule has 10 aromatic rings. The maximum absolute atomic E-state index is 15.2. The lowest BCUT2D eigenvalue weighted by Gasteiger charge is -2.22. The molecule has 0 N–H and O–H groups in total. The van der Waals surface area contributed by atoms with E-state index in [9.17, 15) is 5.26 Å². The van der Waals surface area contributed by atoms with Gasteiger partial charge in [-0.2, -0.15) is 31.6 Å². The fourth-order valence-electron chi connectivity index (χ4n) is 10.6. The number of nitriles is 1. The minimum absolute atomic E-state index is 0.0586. The van der Waals surface area contributed by atoms with Crippen LogP contribution in [-0.4, -0.2) is 9.13 Å². The third-order valence-corrected chi connectivity index (χ3v) is 12.9. The van der Waals surface area contributed by atoms with Gasteiger partial charge in [-0.05, 0) is 140 Å². The Morgan fingerprint density at radius 3 is 1.15 bits per heavy atom. The predicted molar refractivity (Wildman–Crippen MR) is 255 cm³/mol. The lowest BCUT2D eigenvalue weighted by atomic mass is 9.91. The van der Waals surface area contributed by atoms with Crippen molar-refractivity contribution in [3.05, 3.63) is 190 Å². The number of nitrogens with zero attached hydrogens (tertiary/aromatic N) is 3. The summed E-state index contributed by atoms with van der Waals surface area (Å²) in [4.78, 5) is 0. The van der Waals surface area contributed by atoms with Gasteiger partial charge in [0.25, 0.3) is 0 Å². The molecule has 0 aliphatic heterocycles. The molecule has 0 fully saturated rings. The number of alkyl halides is 6. The summed E-state index contributed by atoms with van der Waals surface area (Å²) in [5, 5.41) is 14.7. The molecule has 0 aliphatic rings. The first kappa shape index (κ1) is 42.4. The average molecular weight is 882 g/mol. The molecule has 0 atom stereocenters. The first-order valence-electron chi connectivity index (χ1n) is 21.5. The number of benzene rings is 8. The van der Waals surface area contributed by atoms with E-state index in [0.717, 1.165) is 83.2 Å². The van der Waals surface area contributed by atoms with Crippen LogP contribution in [0.1, 0.15) is 50.1 Å². The van der Waals surface area contributed by atoms with E-state index in [0.29, 0.717) is 34.2 Å². The summed E-state index contributed by atoms with van der Waals surface area (Å²) < 4.78 is 94.8. The highest BCUT2D eigenvalue weighted by atomic mass is 19.4. The SMILES string of the molecule is Cc1cc(C)c(-c2ccc3c4ccccc4n(-c4cc(-c5c(C(F)(F)F)cccc5C(F)(F)F)cc(-n5c6ccccc6c6ccc(-c7c(C)cc(C)cc7C)cc65)c4C#N)c3c2)c(C)c1. The minimum Gasteiger partial charge on any atom is -0.308 e. The Hall–Kier alpha value is -7.57. The lowest BCUT2D eigenvalue weighted by molar-refractivity contribution is -0.142. The van der Waals surface area contributed by atoms with Crippen molar-refractivity contribution in [1.29, 1.82) is 5.26 Å². The molecule has 66 heavy (non-hydrogen) atoms. The zero-order chi connectivity index (χ0) is 46.6. The Kier molecular flexibility index (Phi) is 9.81. The van der Waals surface area contributed by atoms with E-state index >= 15 is 26.3 Å². The quantitative estimate of drug-likeness (QED) is 0.159. The van der Waals surface area contributed by atoms with Gasteiger partial charge in [0, 0.05) is 27.1 Å². The molecule has 10 rings (SSSR count). The average Bonchev–Trinajstić information content (AvgIpc) is 3.76. The topological polar surface area (TPSA) is 33.6 Å². The third-order valence-electron chi connectivity index (χ3n) is 12.9. The van der Waals surface area contributed by atoms with Gasteiger partial charge in [0.15, 0.2) is 0 Å². The van der Waals surface area contributed by atoms with Gasteiger partial charge in [0.2, 0.25) is 0 Å². The van der Waals surface area contributed by atoms with Gasteiger partial charge in [-0.3, -0.25) is 0 Å². The molecular formula is C57H41F6N3. The van der Waals surface area contributed by atoms with Crippen LogP contribution in [0.5, 0.6) is 0 Å². The highest BCUT2D eigenvalue weighted by Gasteiger charge is 2.41. The van der Waals surface area contributed by atoms with Gasteiger partial charge < -0.3 is 9.13 Å². The monoisotopic (exact) mass is 881 g/mol. The number of hydrogen-bond donors (Lipinski definition) is 0. The van der Waals surface area contributed by atoms with Crippen LogP contribution in [0.25, 0.3) is 88.4 Å². The first-order valence-corrected chi connectivity index (χ1v) is 21.5. The van der Waals surface area contributed by atoms with Crippen molar-refractivity contribution < 1.29 is 26.3 Å². The van der Waals surface area contributed by atoms with Crippen LogP contribution >= 0.6 is 0 Å². The van der Waals surface area contributed by atoms with Crippen molar-refractivity contribution in [3.63, 3.8) is 0 Å². The first-order chi connectivity index (χ1) is 31.4. The van der Waals surface area contributed by atoms with E-state index in [1.807, 2.05) is 136 Å². The summed E-state index contributed by atoms with van der Waals surface area (Å²) >= 11 is 0.